The highest BCUT2D eigenvalue weighted by Crippen LogP contribution is 2.32. The van der Waals surface area contributed by atoms with Gasteiger partial charge < -0.3 is 10.3 Å². The Morgan fingerprint density at radius 2 is 1.94 bits per heavy atom. The Morgan fingerprint density at radius 3 is 2.50 bits per heavy atom. The molecule has 32 heavy (non-hydrogen) atoms. The van der Waals surface area contributed by atoms with Gasteiger partial charge in [-0.15, -0.1) is 24.8 Å². The Labute approximate surface area is 200 Å². The van der Waals surface area contributed by atoms with E-state index in [-0.39, 0.29) is 60.4 Å². The molecule has 3 heterocycles. The number of pyridine rings is 2. The van der Waals surface area contributed by atoms with Gasteiger partial charge in [0.1, 0.15) is 5.83 Å². The summed E-state index contributed by atoms with van der Waals surface area (Å²) in [6.07, 6.45) is 5.22. The van der Waals surface area contributed by atoms with Gasteiger partial charge >= 0.3 is 0 Å². The van der Waals surface area contributed by atoms with Crippen molar-refractivity contribution in [2.75, 3.05) is 12.3 Å². The average molecular weight is 503 g/mol. The van der Waals surface area contributed by atoms with E-state index in [0.717, 1.165) is 27.9 Å². The maximum Gasteiger partial charge on any atom is 0.195 e. The molecule has 3 aromatic heterocycles. The highest BCUT2D eigenvalue weighted by molar-refractivity contribution is 7.91. The molecule has 0 aliphatic rings. The molecule has 3 rings (SSSR count). The van der Waals surface area contributed by atoms with Gasteiger partial charge in [-0.1, -0.05) is 26.8 Å². The number of rotatable bonds is 8. The molecule has 0 bridgehead atoms. The third-order valence-corrected chi connectivity index (χ3v) is 6.67. The molecule has 0 radical (unpaired) electrons. The summed E-state index contributed by atoms with van der Waals surface area (Å²) in [7, 11) is -3.34. The molecule has 176 valence electrons. The lowest BCUT2D eigenvalue weighted by Crippen LogP contribution is -2.09. The van der Waals surface area contributed by atoms with Crippen molar-refractivity contribution < 1.29 is 12.8 Å². The van der Waals surface area contributed by atoms with E-state index in [2.05, 4.69) is 23.8 Å². The van der Waals surface area contributed by atoms with Crippen LogP contribution in [0.4, 0.5) is 4.39 Å². The molecule has 0 atom stereocenters. The molecule has 0 saturated heterocycles. The van der Waals surface area contributed by atoms with E-state index >= 15 is 0 Å². The highest BCUT2D eigenvalue weighted by Gasteiger charge is 2.22. The first-order valence-corrected chi connectivity index (χ1v) is 11.6. The topological polar surface area (TPSA) is 90.9 Å². The van der Waals surface area contributed by atoms with Gasteiger partial charge in [0.15, 0.2) is 14.9 Å². The summed E-state index contributed by atoms with van der Waals surface area (Å²) in [6, 6.07) is 7.09. The van der Waals surface area contributed by atoms with Crippen LogP contribution < -0.4 is 5.73 Å². The number of sulfone groups is 1. The molecule has 0 fully saturated rings. The predicted molar refractivity (Wildman–Crippen MR) is 131 cm³/mol. The number of nitrogens with zero attached hydrogens (tertiary/aromatic N) is 3. The summed E-state index contributed by atoms with van der Waals surface area (Å²) in [5.41, 5.74) is 9.99. The zero-order chi connectivity index (χ0) is 21.9. The molecule has 6 nitrogen and oxygen atoms in total. The van der Waals surface area contributed by atoms with Crippen LogP contribution in [0.1, 0.15) is 43.5 Å². The first-order chi connectivity index (χ1) is 14.3. The monoisotopic (exact) mass is 502 g/mol. The standard InChI is InChI=1S/C22H27FN4O2S.2ClH/c1-4-30(28,29)20-8-7-16(13-26-20)12-18-21-19(6-5-11-25-21)27(22(18)15(2)3)14-17(23)9-10-24;;/h5-9,11,13,15H,4,10,12,14,24H2,1-3H3;2*1H/b17-9-;;. The number of nitrogens with two attached hydrogens (primary N) is 1. The minimum atomic E-state index is -3.34. The van der Waals surface area contributed by atoms with Crippen molar-refractivity contribution in [2.45, 2.75) is 44.7 Å². The second kappa shape index (κ2) is 11.7. The molecule has 0 aliphatic heterocycles. The average Bonchev–Trinajstić information content (AvgIpc) is 3.02. The lowest BCUT2D eigenvalue weighted by molar-refractivity contribution is 0.544. The highest BCUT2D eigenvalue weighted by atomic mass is 35.5. The normalized spacial score (nSPS) is 12.0. The van der Waals surface area contributed by atoms with Gasteiger partial charge in [0.25, 0.3) is 0 Å². The molecule has 0 amide bonds. The number of fused-ring (bicyclic) bond motifs is 1. The summed E-state index contributed by atoms with van der Waals surface area (Å²) in [5, 5.41) is 0.0763. The summed E-state index contributed by atoms with van der Waals surface area (Å²) in [4.78, 5) is 8.71. The lowest BCUT2D eigenvalue weighted by Gasteiger charge is -2.15. The minimum Gasteiger partial charge on any atom is -0.336 e. The van der Waals surface area contributed by atoms with E-state index in [1.54, 1.807) is 31.5 Å². The Hall–Kier alpha value is -2.00. The minimum absolute atomic E-state index is 0. The van der Waals surface area contributed by atoms with Crippen molar-refractivity contribution in [3.05, 3.63) is 65.4 Å². The Bertz CT molecular complexity index is 1180. The fourth-order valence-electron chi connectivity index (χ4n) is 3.66. The zero-order valence-electron chi connectivity index (χ0n) is 18.3. The molecule has 0 aromatic carbocycles. The number of hydrogen-bond acceptors (Lipinski definition) is 5. The molecule has 0 unspecified atom stereocenters. The van der Waals surface area contributed by atoms with Gasteiger partial charge in [-0.3, -0.25) is 4.98 Å². The van der Waals surface area contributed by atoms with Crippen molar-refractivity contribution in [3.63, 3.8) is 0 Å². The molecular formula is C22H29Cl2FN4O2S. The summed E-state index contributed by atoms with van der Waals surface area (Å²) in [5.74, 6) is -0.147. The van der Waals surface area contributed by atoms with Crippen LogP contribution in [-0.4, -0.2) is 35.3 Å². The molecule has 3 aromatic rings. The van der Waals surface area contributed by atoms with E-state index in [0.29, 0.717) is 6.42 Å². The molecule has 10 heteroatoms. The molecule has 0 saturated carbocycles. The number of halogens is 3. The molecule has 0 aliphatic carbocycles. The van der Waals surface area contributed by atoms with Crippen LogP contribution in [0.2, 0.25) is 0 Å². The number of hydrogen-bond donors (Lipinski definition) is 1. The fraction of sp³-hybridized carbons (Fsp3) is 0.364. The second-order valence-electron chi connectivity index (χ2n) is 7.45. The fourth-order valence-corrected chi connectivity index (χ4v) is 4.45. The van der Waals surface area contributed by atoms with Gasteiger partial charge in [-0.05, 0) is 35.8 Å². The zero-order valence-corrected chi connectivity index (χ0v) is 20.7. The SMILES string of the molecule is CCS(=O)(=O)c1ccc(Cc2c(C(C)C)n(C/C(F)=C/CN)c3cccnc23)cn1.Cl.Cl. The van der Waals surface area contributed by atoms with Crippen molar-refractivity contribution in [1.29, 1.82) is 0 Å². The van der Waals surface area contributed by atoms with Crippen molar-refractivity contribution >= 4 is 45.7 Å². The van der Waals surface area contributed by atoms with Crippen LogP contribution in [0.5, 0.6) is 0 Å². The van der Waals surface area contributed by atoms with Crippen LogP contribution in [0.3, 0.4) is 0 Å². The van der Waals surface area contributed by atoms with Crippen LogP contribution in [0.25, 0.3) is 11.0 Å². The van der Waals surface area contributed by atoms with E-state index in [1.807, 2.05) is 16.7 Å². The summed E-state index contributed by atoms with van der Waals surface area (Å²) >= 11 is 0. The first kappa shape index (κ1) is 28.0. The van der Waals surface area contributed by atoms with Crippen LogP contribution in [0.15, 0.2) is 53.6 Å². The number of allylic oxidation sites excluding steroid dienone is 1. The predicted octanol–water partition coefficient (Wildman–Crippen LogP) is 4.59. The molecular weight excluding hydrogens is 474 g/mol. The van der Waals surface area contributed by atoms with Crippen LogP contribution >= 0.6 is 24.8 Å². The van der Waals surface area contributed by atoms with Gasteiger partial charge in [0.05, 0.1) is 23.3 Å². The summed E-state index contributed by atoms with van der Waals surface area (Å²) < 4.78 is 40.4. The van der Waals surface area contributed by atoms with Crippen molar-refractivity contribution in [2.24, 2.45) is 5.73 Å². The van der Waals surface area contributed by atoms with E-state index < -0.39 is 9.84 Å². The van der Waals surface area contributed by atoms with E-state index in [9.17, 15) is 12.8 Å². The quantitative estimate of drug-likeness (QED) is 0.486. The second-order valence-corrected chi connectivity index (χ2v) is 9.67. The van der Waals surface area contributed by atoms with Crippen molar-refractivity contribution in [3.8, 4) is 0 Å². The van der Waals surface area contributed by atoms with Gasteiger partial charge in [0.2, 0.25) is 0 Å². The Kier molecular flexibility index (Phi) is 10.3. The van der Waals surface area contributed by atoms with Gasteiger partial charge in [0, 0.05) is 36.6 Å². The third-order valence-electron chi connectivity index (χ3n) is 5.04. The molecule has 0 spiro atoms. The summed E-state index contributed by atoms with van der Waals surface area (Å²) in [6.45, 7) is 5.96. The lowest BCUT2D eigenvalue weighted by atomic mass is 9.99. The maximum atomic E-state index is 14.4. The number of aromatic nitrogens is 3. The van der Waals surface area contributed by atoms with Gasteiger partial charge in [-0.25, -0.2) is 17.8 Å². The largest absolute Gasteiger partial charge is 0.336 e. The molecule has 2 N–H and O–H groups in total. The Balaban J connectivity index is 0.00000256. The Morgan fingerprint density at radius 1 is 1.22 bits per heavy atom. The van der Waals surface area contributed by atoms with Crippen molar-refractivity contribution in [1.82, 2.24) is 14.5 Å². The smallest absolute Gasteiger partial charge is 0.195 e. The maximum absolute atomic E-state index is 14.4. The van der Waals surface area contributed by atoms with Gasteiger partial charge in [-0.2, -0.15) is 0 Å². The third kappa shape index (κ3) is 5.86. The van der Waals surface area contributed by atoms with E-state index in [4.69, 9.17) is 5.73 Å². The first-order valence-electron chi connectivity index (χ1n) is 9.96. The van der Waals surface area contributed by atoms with Crippen LogP contribution in [0, 0.1) is 0 Å². The van der Waals surface area contributed by atoms with E-state index in [1.165, 1.54) is 6.08 Å². The van der Waals surface area contributed by atoms with Crippen LogP contribution in [-0.2, 0) is 22.8 Å².